The number of nitrogens with zero attached hydrogens (tertiary/aromatic N) is 1. The van der Waals surface area contributed by atoms with E-state index in [0.29, 0.717) is 0 Å². The number of thiophene rings is 1. The number of hydrogen-bond acceptors (Lipinski definition) is 3. The minimum atomic E-state index is 0.913. The monoisotopic (exact) mass is 821 g/mol. The predicted octanol–water partition coefficient (Wildman–Crippen LogP) is 17.8. The maximum atomic E-state index is 6.35. The third kappa shape index (κ3) is 6.67. The van der Waals surface area contributed by atoms with Gasteiger partial charge in [0.25, 0.3) is 0 Å². The first kappa shape index (κ1) is 36.8. The van der Waals surface area contributed by atoms with E-state index >= 15 is 0 Å². The second-order valence-electron chi connectivity index (χ2n) is 16.1. The summed E-state index contributed by atoms with van der Waals surface area (Å²) in [5, 5.41) is 4.94. The average molecular weight is 822 g/mol. The summed E-state index contributed by atoms with van der Waals surface area (Å²) in [7, 11) is 0. The Kier molecular flexibility index (Phi) is 9.06. The van der Waals surface area contributed by atoms with Gasteiger partial charge in [0.15, 0.2) is 0 Å². The van der Waals surface area contributed by atoms with E-state index in [1.807, 2.05) is 23.5 Å². The van der Waals surface area contributed by atoms with Crippen molar-refractivity contribution in [3.63, 3.8) is 0 Å². The van der Waals surface area contributed by atoms with E-state index in [4.69, 9.17) is 4.42 Å². The Morgan fingerprint density at radius 2 is 0.698 bits per heavy atom. The number of hydrogen-bond donors (Lipinski definition) is 0. The fourth-order valence-corrected chi connectivity index (χ4v) is 10.4. The van der Waals surface area contributed by atoms with Crippen molar-refractivity contribution in [1.29, 1.82) is 0 Å². The van der Waals surface area contributed by atoms with Crippen LogP contribution in [0.5, 0.6) is 0 Å². The number of fused-ring (bicyclic) bond motifs is 6. The van der Waals surface area contributed by atoms with Crippen molar-refractivity contribution in [3.8, 4) is 55.6 Å². The van der Waals surface area contributed by atoms with Gasteiger partial charge in [0.1, 0.15) is 11.2 Å². The van der Waals surface area contributed by atoms with Crippen LogP contribution in [0.3, 0.4) is 0 Å². The Bertz CT molecular complexity index is 3370. The van der Waals surface area contributed by atoms with Gasteiger partial charge in [0.05, 0.1) is 0 Å². The minimum Gasteiger partial charge on any atom is -0.455 e. The van der Waals surface area contributed by atoms with Crippen molar-refractivity contribution < 1.29 is 4.42 Å². The zero-order valence-electron chi connectivity index (χ0n) is 34.3. The highest BCUT2D eigenvalue weighted by atomic mass is 32.1. The van der Waals surface area contributed by atoms with Crippen LogP contribution in [0.2, 0.25) is 0 Å². The molecule has 10 aromatic carbocycles. The summed E-state index contributed by atoms with van der Waals surface area (Å²) in [6.45, 7) is 0. The molecule has 0 spiro atoms. The number of furan rings is 1. The molecule has 12 rings (SSSR count). The van der Waals surface area contributed by atoms with Crippen LogP contribution in [0, 0.1) is 0 Å². The van der Waals surface area contributed by atoms with Crippen LogP contribution in [-0.4, -0.2) is 0 Å². The van der Waals surface area contributed by atoms with Crippen LogP contribution in [0.1, 0.15) is 0 Å². The van der Waals surface area contributed by atoms with Gasteiger partial charge in [-0.3, -0.25) is 0 Å². The largest absolute Gasteiger partial charge is 0.455 e. The minimum absolute atomic E-state index is 0.913. The molecule has 12 aromatic rings. The molecule has 0 bridgehead atoms. The van der Waals surface area contributed by atoms with Crippen molar-refractivity contribution in [2.75, 3.05) is 4.90 Å². The van der Waals surface area contributed by atoms with Gasteiger partial charge in [-0.05, 0) is 98.6 Å². The van der Waals surface area contributed by atoms with Gasteiger partial charge >= 0.3 is 0 Å². The van der Waals surface area contributed by atoms with E-state index in [1.165, 1.54) is 53.6 Å². The van der Waals surface area contributed by atoms with E-state index in [9.17, 15) is 0 Å². The molecule has 0 aliphatic carbocycles. The summed E-state index contributed by atoms with van der Waals surface area (Å²) in [4.78, 5) is 2.34. The van der Waals surface area contributed by atoms with E-state index < -0.39 is 0 Å². The molecule has 296 valence electrons. The zero-order chi connectivity index (χ0) is 41.7. The van der Waals surface area contributed by atoms with E-state index in [0.717, 1.165) is 61.3 Å². The van der Waals surface area contributed by atoms with Gasteiger partial charge in [-0.1, -0.05) is 188 Å². The molecule has 0 unspecified atom stereocenters. The molecule has 0 radical (unpaired) electrons. The third-order valence-corrected chi connectivity index (χ3v) is 13.6. The van der Waals surface area contributed by atoms with Crippen molar-refractivity contribution in [1.82, 2.24) is 0 Å². The molecule has 0 saturated carbocycles. The van der Waals surface area contributed by atoms with Gasteiger partial charge in [-0.2, -0.15) is 0 Å². The number of para-hydroxylation sites is 2. The lowest BCUT2D eigenvalue weighted by atomic mass is 9.98. The molecule has 0 aliphatic rings. The summed E-state index contributed by atoms with van der Waals surface area (Å²) >= 11 is 1.88. The lowest BCUT2D eigenvalue weighted by Gasteiger charge is -2.26. The molecule has 0 N–H and O–H groups in total. The van der Waals surface area contributed by atoms with Crippen LogP contribution < -0.4 is 4.90 Å². The molecule has 0 aliphatic heterocycles. The van der Waals surface area contributed by atoms with Crippen LogP contribution in [0.25, 0.3) is 97.7 Å². The Labute approximate surface area is 370 Å². The maximum Gasteiger partial charge on any atom is 0.143 e. The average Bonchev–Trinajstić information content (AvgIpc) is 3.94. The zero-order valence-corrected chi connectivity index (χ0v) is 35.1. The van der Waals surface area contributed by atoms with Crippen molar-refractivity contribution in [3.05, 3.63) is 237 Å². The fourth-order valence-electron chi connectivity index (χ4n) is 9.12. The molecule has 0 atom stereocenters. The second kappa shape index (κ2) is 15.5. The second-order valence-corrected chi connectivity index (χ2v) is 17.1. The highest BCUT2D eigenvalue weighted by molar-refractivity contribution is 7.26. The quantitative estimate of drug-likeness (QED) is 0.152. The molecule has 0 fully saturated rings. The highest BCUT2D eigenvalue weighted by Crippen LogP contribution is 2.42. The number of rotatable bonds is 8. The fraction of sp³-hybridized carbons (Fsp3) is 0. The Morgan fingerprint density at radius 3 is 1.29 bits per heavy atom. The van der Waals surface area contributed by atoms with Crippen molar-refractivity contribution >= 4 is 70.5 Å². The van der Waals surface area contributed by atoms with Crippen LogP contribution >= 0.6 is 11.3 Å². The first-order valence-corrected chi connectivity index (χ1v) is 22.2. The van der Waals surface area contributed by atoms with E-state index in [-0.39, 0.29) is 0 Å². The van der Waals surface area contributed by atoms with Gasteiger partial charge < -0.3 is 9.32 Å². The van der Waals surface area contributed by atoms with Gasteiger partial charge in [-0.15, -0.1) is 11.3 Å². The number of benzene rings is 10. The van der Waals surface area contributed by atoms with Crippen LogP contribution in [-0.2, 0) is 0 Å². The Hall–Kier alpha value is -7.98. The highest BCUT2D eigenvalue weighted by Gasteiger charge is 2.16. The molecule has 63 heavy (non-hydrogen) atoms. The van der Waals surface area contributed by atoms with E-state index in [1.54, 1.807) is 0 Å². The first-order valence-electron chi connectivity index (χ1n) is 21.4. The Balaban J connectivity index is 0.847. The van der Waals surface area contributed by atoms with Crippen LogP contribution in [0.4, 0.5) is 17.1 Å². The lowest BCUT2D eigenvalue weighted by Crippen LogP contribution is -2.09. The number of anilines is 3. The summed E-state index contributed by atoms with van der Waals surface area (Å²) in [5.41, 5.74) is 17.0. The van der Waals surface area contributed by atoms with Crippen molar-refractivity contribution in [2.24, 2.45) is 0 Å². The first-order chi connectivity index (χ1) is 31.2. The molecular formula is C60H39NOS. The summed E-state index contributed by atoms with van der Waals surface area (Å²) in [6.07, 6.45) is 0. The molecule has 2 heterocycles. The lowest BCUT2D eigenvalue weighted by molar-refractivity contribution is 0.670. The molecule has 0 amide bonds. The topological polar surface area (TPSA) is 16.4 Å². The van der Waals surface area contributed by atoms with Crippen molar-refractivity contribution in [2.45, 2.75) is 0 Å². The molecule has 3 heteroatoms. The van der Waals surface area contributed by atoms with Gasteiger partial charge in [0.2, 0.25) is 0 Å². The normalized spacial score (nSPS) is 11.5. The smallest absolute Gasteiger partial charge is 0.143 e. The summed E-state index contributed by atoms with van der Waals surface area (Å²) < 4.78 is 9.02. The molecule has 2 aromatic heterocycles. The van der Waals surface area contributed by atoms with Gasteiger partial charge in [-0.25, -0.2) is 0 Å². The molecule has 0 saturated heterocycles. The Morgan fingerprint density at radius 1 is 0.286 bits per heavy atom. The van der Waals surface area contributed by atoms with E-state index in [2.05, 4.69) is 229 Å². The van der Waals surface area contributed by atoms with Gasteiger partial charge in [0, 0.05) is 53.6 Å². The maximum absolute atomic E-state index is 6.35. The molecule has 2 nitrogen and oxygen atoms in total. The predicted molar refractivity (Wildman–Crippen MR) is 268 cm³/mol. The summed E-state index contributed by atoms with van der Waals surface area (Å²) in [6, 6.07) is 85.2. The third-order valence-electron chi connectivity index (χ3n) is 12.4. The molecular weight excluding hydrogens is 783 g/mol. The standard InChI is InChI=1S/C60H39NOS/c1-2-10-40(11-3-1)43-28-34-48(35-29-43)61(49-36-30-44(31-37-49)41-20-24-46(25-21-41)51-14-8-16-55-53-12-4-6-18-57(53)62-59(51)55)50-38-32-45(33-39-50)42-22-26-47(27-23-42)52-15-9-17-56-54-13-5-7-19-58(54)63-60(52)56/h1-39H. The summed E-state index contributed by atoms with van der Waals surface area (Å²) in [5.74, 6) is 0. The van der Waals surface area contributed by atoms with Crippen LogP contribution in [0.15, 0.2) is 241 Å². The SMILES string of the molecule is c1ccc(-c2ccc(N(c3ccc(-c4ccc(-c5cccc6c5oc5ccccc56)cc4)cc3)c3ccc(-c4ccc(-c5cccc6c5sc5ccccc56)cc4)cc3)cc2)cc1.